The fourth-order valence-corrected chi connectivity index (χ4v) is 4.46. The van der Waals surface area contributed by atoms with E-state index in [-0.39, 0.29) is 35.8 Å². The van der Waals surface area contributed by atoms with Gasteiger partial charge in [-0.1, -0.05) is 54.0 Å². The number of rotatable bonds is 9. The van der Waals surface area contributed by atoms with Crippen LogP contribution in [0.5, 0.6) is 0 Å². The summed E-state index contributed by atoms with van der Waals surface area (Å²) >= 11 is 0. The normalized spacial score (nSPS) is 22.0. The maximum Gasteiger partial charge on any atom is 0.333 e. The van der Waals surface area contributed by atoms with Crippen molar-refractivity contribution < 1.29 is 19.1 Å². The minimum Gasteiger partial charge on any atom is -0.463 e. The number of nitrogens with one attached hydrogen (secondary N) is 1. The van der Waals surface area contributed by atoms with Crippen LogP contribution in [-0.2, 0) is 19.1 Å². The van der Waals surface area contributed by atoms with Crippen molar-refractivity contribution in [1.29, 1.82) is 0 Å². The Bertz CT molecular complexity index is 711. The average molecular weight is 466 g/mol. The summed E-state index contributed by atoms with van der Waals surface area (Å²) in [5.74, 6) is 0.0670. The Kier molecular flexibility index (Phi) is 11.1. The molecule has 1 saturated heterocycles. The molecule has 1 N–H and O–H groups in total. The van der Waals surface area contributed by atoms with Gasteiger partial charge in [0.05, 0.1) is 18.7 Å². The van der Waals surface area contributed by atoms with Crippen LogP contribution < -0.4 is 5.32 Å². The molecule has 0 aromatic rings. The highest BCUT2D eigenvalue weighted by Crippen LogP contribution is 2.26. The Morgan fingerprint density at radius 1 is 1.18 bits per heavy atom. The molecular formula is C26H47N3O4. The molecule has 0 saturated carbocycles. The van der Waals surface area contributed by atoms with Crippen LogP contribution in [0.4, 0.5) is 0 Å². The van der Waals surface area contributed by atoms with E-state index in [9.17, 15) is 14.4 Å². The second kappa shape index (κ2) is 12.5. The van der Waals surface area contributed by atoms with E-state index in [1.807, 2.05) is 41.7 Å². The molecular weight excluding hydrogens is 418 g/mol. The number of hydrogen-bond acceptors (Lipinski definition) is 5. The molecule has 190 valence electrons. The van der Waals surface area contributed by atoms with Crippen molar-refractivity contribution in [2.45, 2.75) is 92.8 Å². The third-order valence-corrected chi connectivity index (χ3v) is 6.70. The molecule has 0 bridgehead atoms. The van der Waals surface area contributed by atoms with E-state index in [0.717, 1.165) is 25.8 Å². The standard InChI is InChI=1S/C26H47N3O4/c1-11-19-13-14-20(28(9)16-19)23(30)27-22(26(6,7)8)24(31)29(10)21(17(3)4)15-18(5)25(32)33-12-2/h15,17,19-22H,11-14,16H2,1-10H3,(H,27,30)/t19-,20-,21+,22+/m0/s1. The summed E-state index contributed by atoms with van der Waals surface area (Å²) < 4.78 is 5.10. The zero-order valence-corrected chi connectivity index (χ0v) is 22.5. The molecule has 0 aromatic carbocycles. The summed E-state index contributed by atoms with van der Waals surface area (Å²) in [6, 6.07) is -1.20. The molecule has 0 radical (unpaired) electrons. The largest absolute Gasteiger partial charge is 0.463 e. The number of likely N-dealkylation sites (N-methyl/N-ethyl adjacent to an activating group) is 2. The van der Waals surface area contributed by atoms with Gasteiger partial charge in [0, 0.05) is 19.2 Å². The van der Waals surface area contributed by atoms with E-state index in [0.29, 0.717) is 18.1 Å². The molecule has 1 aliphatic rings. The van der Waals surface area contributed by atoms with Crippen molar-refractivity contribution >= 4 is 17.8 Å². The fourth-order valence-electron chi connectivity index (χ4n) is 4.46. The minimum atomic E-state index is -0.676. The van der Waals surface area contributed by atoms with Crippen molar-refractivity contribution in [1.82, 2.24) is 15.1 Å². The summed E-state index contributed by atoms with van der Waals surface area (Å²) in [5.41, 5.74) is 0.00240. The highest BCUT2D eigenvalue weighted by atomic mass is 16.5. The zero-order chi connectivity index (χ0) is 25.5. The van der Waals surface area contributed by atoms with Crippen LogP contribution in [0.25, 0.3) is 0 Å². The Labute approximate surface area is 201 Å². The van der Waals surface area contributed by atoms with Crippen LogP contribution in [0, 0.1) is 17.3 Å². The molecule has 2 amide bonds. The van der Waals surface area contributed by atoms with Crippen molar-refractivity contribution in [3.8, 4) is 0 Å². The molecule has 0 aromatic heterocycles. The molecule has 1 rings (SSSR count). The number of likely N-dealkylation sites (tertiary alicyclic amines) is 1. The number of hydrogen-bond donors (Lipinski definition) is 1. The molecule has 7 nitrogen and oxygen atoms in total. The molecule has 0 aliphatic carbocycles. The lowest BCUT2D eigenvalue weighted by atomic mass is 9.84. The van der Waals surface area contributed by atoms with Gasteiger partial charge in [-0.15, -0.1) is 0 Å². The van der Waals surface area contributed by atoms with Crippen molar-refractivity contribution in [2.75, 3.05) is 27.2 Å². The molecule has 1 heterocycles. The van der Waals surface area contributed by atoms with Gasteiger partial charge in [-0.05, 0) is 51.0 Å². The van der Waals surface area contributed by atoms with Gasteiger partial charge in [0.2, 0.25) is 11.8 Å². The summed E-state index contributed by atoms with van der Waals surface area (Å²) in [4.78, 5) is 42.8. The highest BCUT2D eigenvalue weighted by molar-refractivity contribution is 5.91. The number of piperidine rings is 1. The van der Waals surface area contributed by atoms with Crippen molar-refractivity contribution in [3.63, 3.8) is 0 Å². The average Bonchev–Trinajstić information content (AvgIpc) is 2.73. The molecule has 7 heteroatoms. The summed E-state index contributed by atoms with van der Waals surface area (Å²) in [6.45, 7) is 16.8. The van der Waals surface area contributed by atoms with E-state index in [4.69, 9.17) is 4.74 Å². The van der Waals surface area contributed by atoms with Crippen LogP contribution in [-0.4, -0.2) is 73.0 Å². The van der Waals surface area contributed by atoms with Crippen LogP contribution in [0.2, 0.25) is 0 Å². The predicted octanol–water partition coefficient (Wildman–Crippen LogP) is 3.63. The number of esters is 1. The topological polar surface area (TPSA) is 79.0 Å². The molecule has 4 atom stereocenters. The van der Waals surface area contributed by atoms with Crippen LogP contribution in [0.1, 0.15) is 74.7 Å². The minimum absolute atomic E-state index is 0.0788. The lowest BCUT2D eigenvalue weighted by molar-refractivity contribution is -0.142. The molecule has 33 heavy (non-hydrogen) atoms. The predicted molar refractivity (Wildman–Crippen MR) is 133 cm³/mol. The van der Waals surface area contributed by atoms with E-state index in [1.54, 1.807) is 31.9 Å². The third kappa shape index (κ3) is 8.13. The first kappa shape index (κ1) is 29.1. The van der Waals surface area contributed by atoms with Gasteiger partial charge in [-0.2, -0.15) is 0 Å². The summed E-state index contributed by atoms with van der Waals surface area (Å²) in [7, 11) is 3.73. The number of nitrogens with zero attached hydrogens (tertiary/aromatic N) is 2. The number of carbonyl (C=O) groups excluding carboxylic acids is 3. The van der Waals surface area contributed by atoms with Crippen LogP contribution in [0.15, 0.2) is 11.6 Å². The van der Waals surface area contributed by atoms with Crippen molar-refractivity contribution in [2.24, 2.45) is 17.3 Å². The van der Waals surface area contributed by atoms with Crippen molar-refractivity contribution in [3.05, 3.63) is 11.6 Å². The first-order valence-corrected chi connectivity index (χ1v) is 12.4. The van der Waals surface area contributed by atoms with Gasteiger partial charge in [0.15, 0.2) is 0 Å². The lowest BCUT2D eigenvalue weighted by Crippen LogP contribution is -2.60. The first-order valence-electron chi connectivity index (χ1n) is 12.4. The monoisotopic (exact) mass is 465 g/mol. The lowest BCUT2D eigenvalue weighted by Gasteiger charge is -2.40. The molecule has 1 aliphatic heterocycles. The number of amides is 2. The quantitative estimate of drug-likeness (QED) is 0.416. The second-order valence-corrected chi connectivity index (χ2v) is 10.9. The SMILES string of the molecule is CCOC(=O)C(C)=C[C@H](C(C)C)N(C)C(=O)[C@@H](NC(=O)[C@@H]1CC[C@H](CC)CN1C)C(C)(C)C. The van der Waals surface area contributed by atoms with Gasteiger partial charge in [0.1, 0.15) is 6.04 Å². The highest BCUT2D eigenvalue weighted by Gasteiger charge is 2.39. The van der Waals surface area contributed by atoms with Gasteiger partial charge < -0.3 is 15.0 Å². The van der Waals surface area contributed by atoms with Crippen LogP contribution >= 0.6 is 0 Å². The first-order chi connectivity index (χ1) is 15.2. The maximum absolute atomic E-state index is 13.7. The van der Waals surface area contributed by atoms with E-state index in [2.05, 4.69) is 17.1 Å². The molecule has 0 unspecified atom stereocenters. The number of ether oxygens (including phenoxy) is 1. The van der Waals surface area contributed by atoms with Gasteiger partial charge in [-0.3, -0.25) is 14.5 Å². The second-order valence-electron chi connectivity index (χ2n) is 10.9. The Morgan fingerprint density at radius 3 is 2.24 bits per heavy atom. The van der Waals surface area contributed by atoms with Gasteiger partial charge in [0.25, 0.3) is 0 Å². The van der Waals surface area contributed by atoms with Gasteiger partial charge in [-0.25, -0.2) is 4.79 Å². The van der Waals surface area contributed by atoms with Gasteiger partial charge >= 0.3 is 5.97 Å². The summed E-state index contributed by atoms with van der Waals surface area (Å²) in [5, 5.41) is 3.08. The van der Waals surface area contributed by atoms with E-state index < -0.39 is 11.5 Å². The van der Waals surface area contributed by atoms with Crippen LogP contribution in [0.3, 0.4) is 0 Å². The molecule has 1 fully saturated rings. The Hall–Kier alpha value is -1.89. The maximum atomic E-state index is 13.7. The summed E-state index contributed by atoms with van der Waals surface area (Å²) in [6.07, 6.45) is 4.74. The third-order valence-electron chi connectivity index (χ3n) is 6.70. The van der Waals surface area contributed by atoms with E-state index >= 15 is 0 Å². The molecule has 0 spiro atoms. The Balaban J connectivity index is 3.09. The fraction of sp³-hybridized carbons (Fsp3) is 0.808. The van der Waals surface area contributed by atoms with E-state index in [1.165, 1.54) is 0 Å². The zero-order valence-electron chi connectivity index (χ0n) is 22.5. The smallest absolute Gasteiger partial charge is 0.333 e. The Morgan fingerprint density at radius 2 is 1.79 bits per heavy atom. The number of carbonyl (C=O) groups is 3.